The largest absolute Gasteiger partial charge is 0.508 e. The van der Waals surface area contributed by atoms with Crippen LogP contribution in [0.4, 0.5) is 5.82 Å². The molecule has 3 atom stereocenters. The zero-order chi connectivity index (χ0) is 30.0. The van der Waals surface area contributed by atoms with Crippen LogP contribution >= 0.6 is 0 Å². The summed E-state index contributed by atoms with van der Waals surface area (Å²) in [5.41, 5.74) is 9.47. The van der Waals surface area contributed by atoms with Gasteiger partial charge in [0.2, 0.25) is 0 Å². The van der Waals surface area contributed by atoms with E-state index in [-0.39, 0.29) is 23.1 Å². The molecule has 3 saturated heterocycles. The first-order chi connectivity index (χ1) is 21.4. The molecule has 4 fully saturated rings. The molecule has 10 heteroatoms. The number of hydrogen-bond donors (Lipinski definition) is 3. The van der Waals surface area contributed by atoms with Crippen molar-refractivity contribution >= 4 is 28.6 Å². The second-order valence-corrected chi connectivity index (χ2v) is 13.7. The molecule has 230 valence electrons. The van der Waals surface area contributed by atoms with E-state index >= 15 is 0 Å². The lowest BCUT2D eigenvalue weighted by Crippen LogP contribution is -2.51. The highest BCUT2D eigenvalue weighted by atomic mass is 16.5. The fourth-order valence-electron chi connectivity index (χ4n) is 7.83. The van der Waals surface area contributed by atoms with Gasteiger partial charge >= 0.3 is 6.01 Å². The maximum atomic E-state index is 14.2. The number of anilines is 1. The van der Waals surface area contributed by atoms with Crippen LogP contribution < -0.4 is 20.7 Å². The molecule has 4 N–H and O–H groups in total. The van der Waals surface area contributed by atoms with Gasteiger partial charge in [-0.2, -0.15) is 9.97 Å². The lowest BCUT2D eigenvalue weighted by molar-refractivity contribution is 0.0752. The summed E-state index contributed by atoms with van der Waals surface area (Å²) in [4.78, 5) is 30.8. The minimum Gasteiger partial charge on any atom is -0.508 e. The molecule has 2 bridgehead atoms. The molecule has 5 aliphatic rings. The highest BCUT2D eigenvalue weighted by molar-refractivity contribution is 6.10. The first kappa shape index (κ1) is 27.8. The fourth-order valence-corrected chi connectivity index (χ4v) is 7.83. The topological polar surface area (TPSA) is 120 Å². The van der Waals surface area contributed by atoms with E-state index in [1.54, 1.807) is 18.2 Å². The van der Waals surface area contributed by atoms with Crippen LogP contribution in [0, 0.1) is 5.41 Å². The minimum atomic E-state index is -0.146. The Morgan fingerprint density at radius 2 is 1.95 bits per heavy atom. The van der Waals surface area contributed by atoms with E-state index in [1.807, 2.05) is 23.1 Å². The van der Waals surface area contributed by atoms with Crippen LogP contribution in [0.1, 0.15) is 59.3 Å². The number of nitrogens with two attached hydrogens (primary N) is 1. The van der Waals surface area contributed by atoms with Crippen LogP contribution in [-0.4, -0.2) is 88.2 Å². The fraction of sp³-hybridized carbons (Fsp3) is 0.500. The maximum absolute atomic E-state index is 14.2. The van der Waals surface area contributed by atoms with E-state index < -0.39 is 0 Å². The third kappa shape index (κ3) is 5.08. The monoisotopic (exact) mass is 595 g/mol. The van der Waals surface area contributed by atoms with Crippen molar-refractivity contribution in [3.05, 3.63) is 59.3 Å². The van der Waals surface area contributed by atoms with Crippen LogP contribution in [0.2, 0.25) is 0 Å². The third-order valence-electron chi connectivity index (χ3n) is 10.3. The number of likely N-dealkylation sites (tertiary alicyclic amines) is 1. The van der Waals surface area contributed by atoms with Gasteiger partial charge in [0.25, 0.3) is 5.91 Å². The Kier molecular flexibility index (Phi) is 6.77. The van der Waals surface area contributed by atoms with Crippen molar-refractivity contribution in [2.45, 2.75) is 63.3 Å². The predicted molar refractivity (Wildman–Crippen MR) is 170 cm³/mol. The summed E-state index contributed by atoms with van der Waals surface area (Å²) in [6, 6.07) is 10.6. The molecule has 1 amide bonds. The van der Waals surface area contributed by atoms with Crippen LogP contribution in [-0.2, 0) is 13.1 Å². The summed E-state index contributed by atoms with van der Waals surface area (Å²) in [5, 5.41) is 15.8. The quantitative estimate of drug-likeness (QED) is 0.360. The van der Waals surface area contributed by atoms with Crippen LogP contribution in [0.15, 0.2) is 36.9 Å². The number of carbonyl (C=O) groups is 1. The van der Waals surface area contributed by atoms with Gasteiger partial charge in [-0.1, -0.05) is 30.9 Å². The SMILES string of the molecule is C=Cc1cccc2cc(O)cc(C(=O)N3Cc4nc(OCC5(CN6CC[C@@H](N)C6)CC5)nc(N5CC6CCC(C5)N6)c4C3)c12. The van der Waals surface area contributed by atoms with E-state index in [1.165, 1.54) is 12.8 Å². The molecule has 4 aliphatic heterocycles. The summed E-state index contributed by atoms with van der Waals surface area (Å²) < 4.78 is 6.41. The van der Waals surface area contributed by atoms with Crippen LogP contribution in [0.5, 0.6) is 11.8 Å². The average molecular weight is 596 g/mol. The molecule has 2 unspecified atom stereocenters. The number of fused-ring (bicyclic) bond motifs is 4. The van der Waals surface area contributed by atoms with Gasteiger partial charge in [-0.3, -0.25) is 4.79 Å². The molecule has 0 spiro atoms. The zero-order valence-corrected chi connectivity index (χ0v) is 25.2. The summed E-state index contributed by atoms with van der Waals surface area (Å²) in [6.45, 7) is 10.1. The number of aromatic nitrogens is 2. The van der Waals surface area contributed by atoms with Gasteiger partial charge in [0.1, 0.15) is 11.6 Å². The molecule has 8 rings (SSSR count). The Bertz CT molecular complexity index is 1630. The second-order valence-electron chi connectivity index (χ2n) is 13.7. The number of benzene rings is 2. The van der Waals surface area contributed by atoms with Crippen molar-refractivity contribution in [3.63, 3.8) is 0 Å². The standard InChI is InChI=1S/C34H41N7O3/c1-2-21-4-3-5-22-12-26(42)13-27(30(21)22)32(43)41-17-28-29(18-41)37-33(38-31(28)40-15-24-6-7-25(16-40)36-24)44-20-34(9-10-34)19-39-11-8-23(35)14-39/h2-5,12-13,23-25,36,42H,1,6-11,14-20,35H2/t23-,24?,25?/m1/s1. The average Bonchev–Trinajstić information content (AvgIpc) is 3.28. The maximum Gasteiger partial charge on any atom is 0.318 e. The van der Waals surface area contributed by atoms with Gasteiger partial charge in [-0.15, -0.1) is 0 Å². The number of ether oxygens (including phenoxy) is 1. The van der Waals surface area contributed by atoms with Gasteiger partial charge in [0.15, 0.2) is 0 Å². The molecule has 10 nitrogen and oxygen atoms in total. The summed E-state index contributed by atoms with van der Waals surface area (Å²) in [5.74, 6) is 0.811. The summed E-state index contributed by atoms with van der Waals surface area (Å²) >= 11 is 0. The zero-order valence-electron chi connectivity index (χ0n) is 25.2. The molecule has 44 heavy (non-hydrogen) atoms. The Morgan fingerprint density at radius 1 is 1.14 bits per heavy atom. The van der Waals surface area contributed by atoms with E-state index in [0.29, 0.717) is 43.4 Å². The Hall–Kier alpha value is -3.73. The molecule has 0 radical (unpaired) electrons. The first-order valence-electron chi connectivity index (χ1n) is 16.1. The van der Waals surface area contributed by atoms with Crippen LogP contribution in [0.3, 0.4) is 0 Å². The van der Waals surface area contributed by atoms with Gasteiger partial charge in [-0.05, 0) is 61.7 Å². The number of hydrogen-bond acceptors (Lipinski definition) is 9. The Balaban J connectivity index is 1.09. The second kappa shape index (κ2) is 10.7. The normalized spacial score (nSPS) is 25.4. The van der Waals surface area contributed by atoms with Crippen molar-refractivity contribution in [1.82, 2.24) is 25.1 Å². The highest BCUT2D eigenvalue weighted by Crippen LogP contribution is 2.47. The lowest BCUT2D eigenvalue weighted by Gasteiger charge is -2.34. The Morgan fingerprint density at radius 3 is 2.68 bits per heavy atom. The van der Waals surface area contributed by atoms with Crippen molar-refractivity contribution in [2.24, 2.45) is 11.1 Å². The molecule has 3 aromatic rings. The molecule has 1 aromatic heterocycles. The van der Waals surface area contributed by atoms with Crippen molar-refractivity contribution in [1.29, 1.82) is 0 Å². The summed E-state index contributed by atoms with van der Waals surface area (Å²) in [6.07, 6.45) is 7.44. The smallest absolute Gasteiger partial charge is 0.318 e. The highest BCUT2D eigenvalue weighted by Gasteiger charge is 2.46. The molecular weight excluding hydrogens is 554 g/mol. The number of phenolic OH excluding ortho intramolecular Hbond substituents is 1. The van der Waals surface area contributed by atoms with Crippen molar-refractivity contribution < 1.29 is 14.6 Å². The van der Waals surface area contributed by atoms with E-state index in [2.05, 4.69) is 21.7 Å². The van der Waals surface area contributed by atoms with E-state index in [0.717, 1.165) is 85.4 Å². The molecule has 1 aliphatic carbocycles. The minimum absolute atomic E-state index is 0.0659. The number of amides is 1. The molecule has 1 saturated carbocycles. The van der Waals surface area contributed by atoms with E-state index in [4.69, 9.17) is 20.4 Å². The van der Waals surface area contributed by atoms with Crippen LogP contribution in [0.25, 0.3) is 16.8 Å². The first-order valence-corrected chi connectivity index (χ1v) is 16.1. The predicted octanol–water partition coefficient (Wildman–Crippen LogP) is 3.27. The number of nitrogens with one attached hydrogen (secondary N) is 1. The van der Waals surface area contributed by atoms with Gasteiger partial charge in [-0.25, -0.2) is 0 Å². The van der Waals surface area contributed by atoms with Gasteiger partial charge < -0.3 is 35.6 Å². The number of phenols is 1. The molecular formula is C34H41N7O3. The number of nitrogens with zero attached hydrogens (tertiary/aromatic N) is 5. The summed E-state index contributed by atoms with van der Waals surface area (Å²) in [7, 11) is 0. The van der Waals surface area contributed by atoms with Gasteiger partial charge in [0, 0.05) is 60.7 Å². The van der Waals surface area contributed by atoms with Gasteiger partial charge in [0.05, 0.1) is 31.0 Å². The number of rotatable bonds is 8. The lowest BCUT2D eigenvalue weighted by atomic mass is 9.98. The van der Waals surface area contributed by atoms with Crippen molar-refractivity contribution in [2.75, 3.05) is 44.2 Å². The Labute approximate surface area is 257 Å². The number of aromatic hydroxyl groups is 1. The van der Waals surface area contributed by atoms with Crippen molar-refractivity contribution in [3.8, 4) is 11.8 Å². The number of piperazine rings is 1. The molecule has 2 aromatic carbocycles. The van der Waals surface area contributed by atoms with E-state index in [9.17, 15) is 9.90 Å². The number of carbonyl (C=O) groups excluding carboxylic acids is 1. The third-order valence-corrected chi connectivity index (χ3v) is 10.3. The molecule has 5 heterocycles.